The van der Waals surface area contributed by atoms with Gasteiger partial charge in [0, 0.05) is 6.04 Å². The molecule has 1 rings (SSSR count). The van der Waals surface area contributed by atoms with E-state index in [1.54, 1.807) is 0 Å². The monoisotopic (exact) mass is 313 g/mol. The van der Waals surface area contributed by atoms with Gasteiger partial charge in [-0.3, -0.25) is 0 Å². The van der Waals surface area contributed by atoms with Crippen molar-refractivity contribution in [1.82, 2.24) is 0 Å². The molecule has 0 amide bonds. The van der Waals surface area contributed by atoms with E-state index in [1.807, 2.05) is 18.2 Å². The molecular formula is C16H21Cl2NO. The van der Waals surface area contributed by atoms with Crippen LogP contribution in [0.25, 0.3) is 0 Å². The molecule has 0 aliphatic heterocycles. The van der Waals surface area contributed by atoms with Crippen molar-refractivity contribution in [3.05, 3.63) is 35.9 Å². The van der Waals surface area contributed by atoms with Crippen molar-refractivity contribution in [2.45, 2.75) is 36.1 Å². The van der Waals surface area contributed by atoms with Crippen molar-refractivity contribution in [3.63, 3.8) is 0 Å². The Morgan fingerprint density at radius 3 is 2.55 bits per heavy atom. The summed E-state index contributed by atoms with van der Waals surface area (Å²) < 4.78 is 5.18. The Morgan fingerprint density at radius 1 is 1.20 bits per heavy atom. The van der Waals surface area contributed by atoms with E-state index in [1.165, 1.54) is 5.56 Å². The van der Waals surface area contributed by atoms with Gasteiger partial charge in [0.25, 0.3) is 0 Å². The third-order valence-corrected chi connectivity index (χ3v) is 4.01. The van der Waals surface area contributed by atoms with E-state index < -0.39 is 0 Å². The van der Waals surface area contributed by atoms with E-state index in [0.29, 0.717) is 6.61 Å². The molecule has 0 aromatic heterocycles. The highest BCUT2D eigenvalue weighted by Crippen LogP contribution is 2.17. The van der Waals surface area contributed by atoms with Gasteiger partial charge in [0.15, 0.2) is 0 Å². The maximum atomic E-state index is 6.30. The summed E-state index contributed by atoms with van der Waals surface area (Å²) in [6.45, 7) is 0.575. The van der Waals surface area contributed by atoms with Gasteiger partial charge in [0.05, 0.1) is 17.4 Å². The Morgan fingerprint density at radius 2 is 1.90 bits per heavy atom. The lowest BCUT2D eigenvalue weighted by atomic mass is 10.0. The van der Waals surface area contributed by atoms with Gasteiger partial charge in [0.2, 0.25) is 0 Å². The second-order valence-electron chi connectivity index (χ2n) is 4.71. The summed E-state index contributed by atoms with van der Waals surface area (Å²) >= 11 is 12.5. The summed E-state index contributed by atoms with van der Waals surface area (Å²) in [6, 6.07) is 10.0. The smallest absolute Gasteiger partial charge is 0.107 e. The molecular weight excluding hydrogens is 293 g/mol. The maximum absolute atomic E-state index is 6.30. The summed E-state index contributed by atoms with van der Waals surface area (Å²) in [7, 11) is 0. The van der Waals surface area contributed by atoms with E-state index in [0.717, 1.165) is 19.3 Å². The molecule has 2 N–H and O–H groups in total. The molecule has 4 heteroatoms. The highest BCUT2D eigenvalue weighted by atomic mass is 35.5. The predicted octanol–water partition coefficient (Wildman–Crippen LogP) is 3.20. The number of ether oxygens (including phenoxy) is 1. The van der Waals surface area contributed by atoms with Crippen LogP contribution in [0.15, 0.2) is 30.3 Å². The number of hydrogen-bond acceptors (Lipinski definition) is 2. The lowest BCUT2D eigenvalue weighted by Crippen LogP contribution is -2.41. The van der Waals surface area contributed by atoms with E-state index >= 15 is 0 Å². The molecule has 0 saturated heterocycles. The first kappa shape index (κ1) is 17.3. The Hall–Kier alpha value is -0.720. The van der Waals surface area contributed by atoms with E-state index in [-0.39, 0.29) is 23.4 Å². The second-order valence-corrected chi connectivity index (χ2v) is 5.83. The Labute approximate surface area is 131 Å². The summed E-state index contributed by atoms with van der Waals surface area (Å²) in [5.41, 5.74) is 7.34. The van der Waals surface area contributed by atoms with Crippen LogP contribution in [-0.4, -0.2) is 30.0 Å². The first-order valence-electron chi connectivity index (χ1n) is 6.74. The van der Waals surface area contributed by atoms with Crippen LogP contribution in [0.5, 0.6) is 0 Å². The zero-order valence-corrected chi connectivity index (χ0v) is 13.0. The standard InChI is InChI=1S/C16H21Cl2NO/c1-2-11-20-12-15(18)16(19)14(17)10-6-9-13-7-4-3-5-8-13/h1,3-5,7-8,14-16H,6,9-12,19H2. The summed E-state index contributed by atoms with van der Waals surface area (Å²) in [4.78, 5) is 0. The molecule has 0 bridgehead atoms. The fraction of sp³-hybridized carbons (Fsp3) is 0.500. The van der Waals surface area contributed by atoms with Gasteiger partial charge in [0.1, 0.15) is 6.61 Å². The first-order chi connectivity index (χ1) is 9.65. The van der Waals surface area contributed by atoms with Crippen LogP contribution in [-0.2, 0) is 11.2 Å². The van der Waals surface area contributed by atoms with Gasteiger partial charge >= 0.3 is 0 Å². The molecule has 0 fully saturated rings. The second kappa shape index (κ2) is 10.1. The maximum Gasteiger partial charge on any atom is 0.107 e. The minimum atomic E-state index is -0.317. The van der Waals surface area contributed by atoms with Crippen LogP contribution in [0.4, 0.5) is 0 Å². The largest absolute Gasteiger partial charge is 0.367 e. The lowest BCUT2D eigenvalue weighted by molar-refractivity contribution is 0.160. The van der Waals surface area contributed by atoms with Crippen LogP contribution in [0, 0.1) is 12.3 Å². The Balaban J connectivity index is 2.24. The molecule has 3 atom stereocenters. The minimum Gasteiger partial charge on any atom is -0.367 e. The average Bonchev–Trinajstić information content (AvgIpc) is 2.47. The van der Waals surface area contributed by atoms with E-state index in [4.69, 9.17) is 40.1 Å². The number of terminal acetylenes is 1. The quantitative estimate of drug-likeness (QED) is 0.431. The van der Waals surface area contributed by atoms with Crippen LogP contribution < -0.4 is 5.73 Å². The summed E-state index contributed by atoms with van der Waals surface area (Å²) in [5, 5.41) is -0.474. The van der Waals surface area contributed by atoms with Crippen molar-refractivity contribution < 1.29 is 4.74 Å². The van der Waals surface area contributed by atoms with Crippen LogP contribution in [0.2, 0.25) is 0 Å². The Bertz CT molecular complexity index is 405. The molecule has 1 aromatic carbocycles. The zero-order valence-electron chi connectivity index (χ0n) is 11.5. The number of benzene rings is 1. The Kier molecular flexibility index (Phi) is 8.73. The molecule has 0 radical (unpaired) electrons. The molecule has 110 valence electrons. The number of aryl methyl sites for hydroxylation is 1. The number of hydrogen-bond donors (Lipinski definition) is 1. The normalized spacial score (nSPS) is 15.3. The fourth-order valence-electron chi connectivity index (χ4n) is 1.91. The molecule has 0 aliphatic carbocycles. The van der Waals surface area contributed by atoms with Crippen molar-refractivity contribution >= 4 is 23.2 Å². The molecule has 0 saturated carbocycles. The summed E-state index contributed by atoms with van der Waals surface area (Å²) in [6.07, 6.45) is 7.91. The molecule has 20 heavy (non-hydrogen) atoms. The van der Waals surface area contributed by atoms with Gasteiger partial charge in [-0.05, 0) is 24.8 Å². The third kappa shape index (κ3) is 6.63. The van der Waals surface area contributed by atoms with Gasteiger partial charge in [-0.25, -0.2) is 0 Å². The zero-order chi connectivity index (χ0) is 14.8. The van der Waals surface area contributed by atoms with Gasteiger partial charge in [-0.1, -0.05) is 36.3 Å². The summed E-state index contributed by atoms with van der Waals surface area (Å²) in [5.74, 6) is 2.39. The predicted molar refractivity (Wildman–Crippen MR) is 86.3 cm³/mol. The average molecular weight is 314 g/mol. The highest BCUT2D eigenvalue weighted by molar-refractivity contribution is 6.24. The van der Waals surface area contributed by atoms with Gasteiger partial charge in [-0.2, -0.15) is 0 Å². The number of halogens is 2. The fourth-order valence-corrected chi connectivity index (χ4v) is 2.58. The molecule has 3 unspecified atom stereocenters. The van der Waals surface area contributed by atoms with E-state index in [2.05, 4.69) is 18.1 Å². The van der Waals surface area contributed by atoms with E-state index in [9.17, 15) is 0 Å². The highest BCUT2D eigenvalue weighted by Gasteiger charge is 2.23. The van der Waals surface area contributed by atoms with Crippen LogP contribution in [0.1, 0.15) is 18.4 Å². The van der Waals surface area contributed by atoms with Gasteiger partial charge in [-0.15, -0.1) is 29.6 Å². The molecule has 0 spiro atoms. The molecule has 0 heterocycles. The SMILES string of the molecule is C#CCOCC(Cl)C(N)C(Cl)CCCc1ccccc1. The third-order valence-electron chi connectivity index (χ3n) is 3.09. The molecule has 1 aromatic rings. The van der Waals surface area contributed by atoms with Gasteiger partial charge < -0.3 is 10.5 Å². The minimum absolute atomic E-state index is 0.157. The lowest BCUT2D eigenvalue weighted by Gasteiger charge is -2.22. The molecule has 2 nitrogen and oxygen atoms in total. The topological polar surface area (TPSA) is 35.2 Å². The first-order valence-corrected chi connectivity index (χ1v) is 7.61. The van der Waals surface area contributed by atoms with Crippen molar-refractivity contribution in [2.75, 3.05) is 13.2 Å². The number of alkyl halides is 2. The van der Waals surface area contributed by atoms with Crippen molar-refractivity contribution in [3.8, 4) is 12.3 Å². The molecule has 0 aliphatic rings. The number of rotatable bonds is 9. The number of nitrogens with two attached hydrogens (primary N) is 1. The van der Waals surface area contributed by atoms with Crippen LogP contribution in [0.3, 0.4) is 0 Å². The van der Waals surface area contributed by atoms with Crippen LogP contribution >= 0.6 is 23.2 Å². The van der Waals surface area contributed by atoms with Crippen molar-refractivity contribution in [2.24, 2.45) is 5.73 Å². The van der Waals surface area contributed by atoms with Crippen molar-refractivity contribution in [1.29, 1.82) is 0 Å².